The van der Waals surface area contributed by atoms with Gasteiger partial charge in [-0.15, -0.1) is 0 Å². The predicted octanol–water partition coefficient (Wildman–Crippen LogP) is 4.20. The average molecular weight is 475 g/mol. The molecule has 1 aliphatic heterocycles. The maximum Gasteiger partial charge on any atom is 0.211 e. The zero-order valence-electron chi connectivity index (χ0n) is 19.6. The Morgan fingerprint density at radius 1 is 1.06 bits per heavy atom. The predicted molar refractivity (Wildman–Crippen MR) is 128 cm³/mol. The van der Waals surface area contributed by atoms with Crippen LogP contribution in [-0.2, 0) is 15.6 Å². The van der Waals surface area contributed by atoms with Crippen LogP contribution < -0.4 is 15.4 Å². The van der Waals surface area contributed by atoms with E-state index < -0.39 is 21.9 Å². The molecule has 4 N–H and O–H groups in total. The van der Waals surface area contributed by atoms with Crippen molar-refractivity contribution < 1.29 is 18.0 Å². The first-order valence-corrected chi connectivity index (χ1v) is 13.9. The topological polar surface area (TPSA) is 116 Å². The number of aliphatic hydroxyl groups is 1. The molecule has 1 aromatic heterocycles. The lowest BCUT2D eigenvalue weighted by atomic mass is 9.69. The molecule has 0 radical (unpaired) electrons. The molecule has 5 rings (SSSR count). The Kier molecular flexibility index (Phi) is 5.69. The Labute approximate surface area is 195 Å². The van der Waals surface area contributed by atoms with Crippen LogP contribution in [0.1, 0.15) is 68.4 Å². The molecule has 2 heterocycles. The molecule has 2 saturated carbocycles. The molecule has 8 nitrogen and oxygen atoms in total. The van der Waals surface area contributed by atoms with Crippen LogP contribution in [0.3, 0.4) is 0 Å². The standard InChI is InChI=1S/C24H34N4O4S/c1-14-21(15(2)32-27-14)16-12-19(22-20(13-16)25-23(26-22)28-33(3,30)31)24(29,17-8-4-5-9-17)18-10-6-7-11-18/h12-13,17-18,23,25-26,28-29H,4-11H2,1-3H3. The first-order chi connectivity index (χ1) is 15.7. The lowest BCUT2D eigenvalue weighted by Crippen LogP contribution is -2.43. The van der Waals surface area contributed by atoms with Gasteiger partial charge >= 0.3 is 0 Å². The van der Waals surface area contributed by atoms with Crippen molar-refractivity contribution in [1.82, 2.24) is 9.88 Å². The largest absolute Gasteiger partial charge is 0.385 e. The normalized spacial score (nSPS) is 21.9. The fourth-order valence-electron chi connectivity index (χ4n) is 6.38. The summed E-state index contributed by atoms with van der Waals surface area (Å²) in [6.45, 7) is 3.81. The van der Waals surface area contributed by atoms with E-state index in [9.17, 15) is 13.5 Å². The minimum absolute atomic E-state index is 0.188. The summed E-state index contributed by atoms with van der Waals surface area (Å²) in [6.07, 6.45) is 9.04. The van der Waals surface area contributed by atoms with Gasteiger partial charge in [-0.1, -0.05) is 30.8 Å². The fourth-order valence-corrected chi connectivity index (χ4v) is 6.93. The maximum atomic E-state index is 12.6. The second kappa shape index (κ2) is 8.29. The number of fused-ring (bicyclic) bond motifs is 1. The number of nitrogens with one attached hydrogen (secondary N) is 3. The van der Waals surface area contributed by atoms with Gasteiger partial charge in [-0.05, 0) is 69.1 Å². The second-order valence-corrected chi connectivity index (χ2v) is 11.8. The van der Waals surface area contributed by atoms with E-state index in [1.54, 1.807) is 0 Å². The summed E-state index contributed by atoms with van der Waals surface area (Å²) in [5.41, 5.74) is 4.08. The molecule has 0 spiro atoms. The van der Waals surface area contributed by atoms with Crippen molar-refractivity contribution in [3.05, 3.63) is 29.2 Å². The Balaban J connectivity index is 1.68. The summed E-state index contributed by atoms with van der Waals surface area (Å²) in [7, 11) is -3.43. The molecule has 0 bridgehead atoms. The third-order valence-electron chi connectivity index (χ3n) is 7.77. The van der Waals surface area contributed by atoms with Gasteiger partial charge in [0.1, 0.15) is 5.76 Å². The van der Waals surface area contributed by atoms with Gasteiger partial charge in [0, 0.05) is 11.1 Å². The van der Waals surface area contributed by atoms with E-state index in [0.29, 0.717) is 0 Å². The third kappa shape index (κ3) is 4.04. The van der Waals surface area contributed by atoms with E-state index in [0.717, 1.165) is 97.1 Å². The fraction of sp³-hybridized carbons (Fsp3) is 0.625. The molecule has 33 heavy (non-hydrogen) atoms. The molecular weight excluding hydrogens is 440 g/mol. The van der Waals surface area contributed by atoms with Crippen molar-refractivity contribution in [1.29, 1.82) is 0 Å². The van der Waals surface area contributed by atoms with Crippen LogP contribution in [-0.4, -0.2) is 31.2 Å². The lowest BCUT2D eigenvalue weighted by Gasteiger charge is -2.41. The molecular formula is C24H34N4O4S. The Hall–Kier alpha value is -2.10. The quantitative estimate of drug-likeness (QED) is 0.496. The molecule has 180 valence electrons. The SMILES string of the molecule is Cc1noc(C)c1-c1cc2c(c(C(O)(C3CCCC3)C3CCCC3)c1)NC(NS(C)(=O)=O)N2. The molecule has 2 fully saturated rings. The minimum atomic E-state index is -3.43. The van der Waals surface area contributed by atoms with Gasteiger partial charge in [-0.25, -0.2) is 8.42 Å². The number of hydrogen-bond acceptors (Lipinski definition) is 7. The number of sulfonamides is 1. The highest BCUT2D eigenvalue weighted by atomic mass is 32.2. The van der Waals surface area contributed by atoms with Crippen LogP contribution in [0.5, 0.6) is 0 Å². The van der Waals surface area contributed by atoms with Gasteiger partial charge in [0.25, 0.3) is 0 Å². The Morgan fingerprint density at radius 2 is 1.67 bits per heavy atom. The van der Waals surface area contributed by atoms with Crippen LogP contribution >= 0.6 is 0 Å². The molecule has 3 aliphatic rings. The van der Waals surface area contributed by atoms with E-state index in [4.69, 9.17) is 4.52 Å². The first-order valence-electron chi connectivity index (χ1n) is 12.0. The van der Waals surface area contributed by atoms with Crippen LogP contribution in [0, 0.1) is 25.7 Å². The summed E-state index contributed by atoms with van der Waals surface area (Å²) in [4.78, 5) is 0. The second-order valence-electron chi connectivity index (χ2n) is 10.0. The number of anilines is 2. The smallest absolute Gasteiger partial charge is 0.211 e. The number of aromatic nitrogens is 1. The van der Waals surface area contributed by atoms with E-state index >= 15 is 0 Å². The van der Waals surface area contributed by atoms with Gasteiger partial charge in [0.15, 0.2) is 6.29 Å². The molecule has 1 aromatic carbocycles. The highest BCUT2D eigenvalue weighted by Crippen LogP contribution is 2.54. The van der Waals surface area contributed by atoms with Crippen molar-refractivity contribution in [2.75, 3.05) is 16.9 Å². The third-order valence-corrected chi connectivity index (χ3v) is 8.43. The van der Waals surface area contributed by atoms with Crippen molar-refractivity contribution in [2.45, 2.75) is 77.1 Å². The molecule has 2 aliphatic carbocycles. The highest BCUT2D eigenvalue weighted by Gasteiger charge is 2.49. The summed E-state index contributed by atoms with van der Waals surface area (Å²) < 4.78 is 31.9. The molecule has 1 atom stereocenters. The summed E-state index contributed by atoms with van der Waals surface area (Å²) in [5, 5.41) is 23.3. The number of nitrogens with zero attached hydrogens (tertiary/aromatic N) is 1. The summed E-state index contributed by atoms with van der Waals surface area (Å²) in [5.74, 6) is 1.10. The zero-order chi connectivity index (χ0) is 23.4. The maximum absolute atomic E-state index is 12.6. The average Bonchev–Trinajstić information content (AvgIpc) is 3.53. The number of hydrogen-bond donors (Lipinski definition) is 4. The number of benzene rings is 1. The van der Waals surface area contributed by atoms with Gasteiger partial charge in [0.2, 0.25) is 10.0 Å². The van der Waals surface area contributed by atoms with Gasteiger partial charge in [0.05, 0.1) is 28.9 Å². The van der Waals surface area contributed by atoms with Crippen molar-refractivity contribution in [2.24, 2.45) is 11.8 Å². The zero-order valence-corrected chi connectivity index (χ0v) is 20.4. The van der Waals surface area contributed by atoms with Crippen LogP contribution in [0.4, 0.5) is 11.4 Å². The Bertz CT molecular complexity index is 1110. The van der Waals surface area contributed by atoms with Crippen LogP contribution in [0.25, 0.3) is 11.1 Å². The van der Waals surface area contributed by atoms with Crippen molar-refractivity contribution in [3.8, 4) is 11.1 Å². The molecule has 0 saturated heterocycles. The highest BCUT2D eigenvalue weighted by molar-refractivity contribution is 7.88. The monoisotopic (exact) mass is 474 g/mol. The molecule has 1 unspecified atom stereocenters. The molecule has 9 heteroatoms. The summed E-state index contributed by atoms with van der Waals surface area (Å²) in [6, 6.07) is 4.07. The number of aryl methyl sites for hydroxylation is 2. The Morgan fingerprint density at radius 3 is 2.18 bits per heavy atom. The van der Waals surface area contributed by atoms with Crippen molar-refractivity contribution >= 4 is 21.4 Å². The summed E-state index contributed by atoms with van der Waals surface area (Å²) >= 11 is 0. The van der Waals surface area contributed by atoms with E-state index in [1.165, 1.54) is 0 Å². The van der Waals surface area contributed by atoms with E-state index in [1.807, 2.05) is 19.9 Å². The lowest BCUT2D eigenvalue weighted by molar-refractivity contribution is -0.0727. The van der Waals surface area contributed by atoms with E-state index in [-0.39, 0.29) is 11.8 Å². The van der Waals surface area contributed by atoms with Crippen LogP contribution in [0.15, 0.2) is 16.7 Å². The minimum Gasteiger partial charge on any atom is -0.385 e. The molecule has 2 aromatic rings. The number of rotatable bonds is 6. The van der Waals surface area contributed by atoms with Crippen molar-refractivity contribution in [3.63, 3.8) is 0 Å². The first kappa shape index (κ1) is 22.7. The van der Waals surface area contributed by atoms with E-state index in [2.05, 4.69) is 26.6 Å². The van der Waals surface area contributed by atoms with Gasteiger partial charge in [-0.3, -0.25) is 0 Å². The van der Waals surface area contributed by atoms with Crippen LogP contribution in [0.2, 0.25) is 0 Å². The van der Waals surface area contributed by atoms with Gasteiger partial charge in [-0.2, -0.15) is 4.72 Å². The van der Waals surface area contributed by atoms with Gasteiger partial charge < -0.3 is 20.3 Å². The molecule has 0 amide bonds.